The molecule has 0 bridgehead atoms. The molecule has 0 aliphatic rings. The van der Waals surface area contributed by atoms with E-state index in [0.29, 0.717) is 29.8 Å². The molecule has 1 aromatic heterocycles. The summed E-state index contributed by atoms with van der Waals surface area (Å²) in [7, 11) is 0. The van der Waals surface area contributed by atoms with E-state index in [1.165, 1.54) is 23.0 Å². The normalized spacial score (nSPS) is 11.1. The Hall–Kier alpha value is -2.86. The highest BCUT2D eigenvalue weighted by Gasteiger charge is 2.09. The van der Waals surface area contributed by atoms with Gasteiger partial charge in [-0.05, 0) is 68.7 Å². The minimum absolute atomic E-state index is 0.222. The van der Waals surface area contributed by atoms with Crippen LogP contribution in [0.4, 0.5) is 5.13 Å². The van der Waals surface area contributed by atoms with Gasteiger partial charge in [0.05, 0.1) is 23.4 Å². The summed E-state index contributed by atoms with van der Waals surface area (Å²) >= 11 is 1.48. The van der Waals surface area contributed by atoms with Gasteiger partial charge in [0, 0.05) is 6.08 Å². The number of fused-ring (bicyclic) bond motifs is 1. The summed E-state index contributed by atoms with van der Waals surface area (Å²) in [5.41, 5.74) is 4.09. The number of aromatic nitrogens is 1. The second kappa shape index (κ2) is 8.89. The minimum atomic E-state index is -0.222. The number of hydrogen-bond acceptors (Lipinski definition) is 5. The summed E-state index contributed by atoms with van der Waals surface area (Å²) in [6.07, 6.45) is 3.24. The number of thiazole rings is 1. The lowest BCUT2D eigenvalue weighted by atomic mass is 10.1. The van der Waals surface area contributed by atoms with E-state index in [2.05, 4.69) is 29.4 Å². The van der Waals surface area contributed by atoms with E-state index in [1.54, 1.807) is 6.08 Å². The first-order valence-electron chi connectivity index (χ1n) is 9.26. The monoisotopic (exact) mass is 396 g/mol. The third-order valence-electron chi connectivity index (χ3n) is 4.05. The molecule has 0 radical (unpaired) electrons. The number of carbonyl (C=O) groups excluding carboxylic acids is 1. The molecule has 146 valence electrons. The maximum atomic E-state index is 12.3. The summed E-state index contributed by atoms with van der Waals surface area (Å²) in [4.78, 5) is 16.8. The third-order valence-corrected chi connectivity index (χ3v) is 4.97. The number of amides is 1. The Morgan fingerprint density at radius 2 is 1.86 bits per heavy atom. The maximum Gasteiger partial charge on any atom is 0.250 e. The Morgan fingerprint density at radius 1 is 1.11 bits per heavy atom. The standard InChI is InChI=1S/C22H24N2O3S/c1-5-26-17-9-7-16(13-18(17)27-6-2)8-10-20(25)23-22-24-21-15(4)11-14(3)12-19(21)28-22/h7-13H,5-6H2,1-4H3,(H,23,24,25)/b10-8+. The first-order chi connectivity index (χ1) is 13.5. The number of carbonyl (C=O) groups is 1. The van der Waals surface area contributed by atoms with Gasteiger partial charge in [-0.15, -0.1) is 0 Å². The molecule has 1 N–H and O–H groups in total. The van der Waals surface area contributed by atoms with Crippen LogP contribution in [-0.2, 0) is 4.79 Å². The molecule has 0 aliphatic heterocycles. The van der Waals surface area contributed by atoms with Gasteiger partial charge in [-0.1, -0.05) is 23.5 Å². The molecule has 1 amide bonds. The van der Waals surface area contributed by atoms with Gasteiger partial charge in [-0.2, -0.15) is 0 Å². The van der Waals surface area contributed by atoms with Crippen molar-refractivity contribution >= 4 is 38.7 Å². The quantitative estimate of drug-likeness (QED) is 0.546. The Morgan fingerprint density at radius 3 is 2.61 bits per heavy atom. The minimum Gasteiger partial charge on any atom is -0.490 e. The van der Waals surface area contributed by atoms with Crippen LogP contribution in [0.2, 0.25) is 0 Å². The van der Waals surface area contributed by atoms with Gasteiger partial charge in [0.1, 0.15) is 0 Å². The Balaban J connectivity index is 1.73. The van der Waals surface area contributed by atoms with Gasteiger partial charge >= 0.3 is 0 Å². The van der Waals surface area contributed by atoms with Crippen molar-refractivity contribution in [3.05, 3.63) is 53.1 Å². The second-order valence-electron chi connectivity index (χ2n) is 6.34. The molecule has 0 fully saturated rings. The van der Waals surface area contributed by atoms with Gasteiger partial charge in [0.25, 0.3) is 0 Å². The highest BCUT2D eigenvalue weighted by atomic mass is 32.1. The lowest BCUT2D eigenvalue weighted by Gasteiger charge is -2.11. The lowest BCUT2D eigenvalue weighted by molar-refractivity contribution is -0.111. The van der Waals surface area contributed by atoms with Crippen LogP contribution >= 0.6 is 11.3 Å². The van der Waals surface area contributed by atoms with Gasteiger partial charge in [-0.3, -0.25) is 10.1 Å². The molecule has 5 nitrogen and oxygen atoms in total. The van der Waals surface area contributed by atoms with Crippen molar-refractivity contribution in [1.29, 1.82) is 0 Å². The SMILES string of the molecule is CCOc1ccc(/C=C/C(=O)Nc2nc3c(C)cc(C)cc3s2)cc1OCC. The van der Waals surface area contributed by atoms with E-state index in [4.69, 9.17) is 9.47 Å². The Kier molecular flexibility index (Phi) is 6.31. The molecule has 28 heavy (non-hydrogen) atoms. The van der Waals surface area contributed by atoms with E-state index >= 15 is 0 Å². The molecule has 0 saturated heterocycles. The number of rotatable bonds is 7. The summed E-state index contributed by atoms with van der Waals surface area (Å²) < 4.78 is 12.3. The number of nitrogens with one attached hydrogen (secondary N) is 1. The summed E-state index contributed by atoms with van der Waals surface area (Å²) in [5.74, 6) is 1.15. The van der Waals surface area contributed by atoms with Crippen molar-refractivity contribution in [3.63, 3.8) is 0 Å². The highest BCUT2D eigenvalue weighted by molar-refractivity contribution is 7.22. The van der Waals surface area contributed by atoms with E-state index < -0.39 is 0 Å². The van der Waals surface area contributed by atoms with Crippen LogP contribution in [0.1, 0.15) is 30.5 Å². The predicted molar refractivity (Wildman–Crippen MR) is 116 cm³/mol. The van der Waals surface area contributed by atoms with E-state index in [-0.39, 0.29) is 5.91 Å². The predicted octanol–water partition coefficient (Wildman–Crippen LogP) is 5.36. The van der Waals surface area contributed by atoms with Crippen LogP contribution in [0.15, 0.2) is 36.4 Å². The molecule has 6 heteroatoms. The van der Waals surface area contributed by atoms with Crippen LogP contribution in [0.25, 0.3) is 16.3 Å². The molecular formula is C22H24N2O3S. The van der Waals surface area contributed by atoms with Crippen molar-refractivity contribution in [3.8, 4) is 11.5 Å². The van der Waals surface area contributed by atoms with Crippen molar-refractivity contribution in [2.24, 2.45) is 0 Å². The van der Waals surface area contributed by atoms with Gasteiger partial charge < -0.3 is 9.47 Å². The molecule has 0 unspecified atom stereocenters. The summed E-state index contributed by atoms with van der Waals surface area (Å²) in [5, 5.41) is 3.44. The molecule has 3 rings (SSSR count). The molecule has 0 saturated carbocycles. The molecule has 3 aromatic rings. The second-order valence-corrected chi connectivity index (χ2v) is 7.37. The molecule has 1 heterocycles. The lowest BCUT2D eigenvalue weighted by Crippen LogP contribution is -2.07. The smallest absolute Gasteiger partial charge is 0.250 e. The van der Waals surface area contributed by atoms with Crippen LogP contribution in [0.3, 0.4) is 0 Å². The van der Waals surface area contributed by atoms with Gasteiger partial charge in [0.2, 0.25) is 5.91 Å². The Labute approximate surface area is 169 Å². The van der Waals surface area contributed by atoms with Gasteiger partial charge in [-0.25, -0.2) is 4.98 Å². The number of nitrogens with zero attached hydrogens (tertiary/aromatic N) is 1. The fourth-order valence-corrected chi connectivity index (χ4v) is 3.96. The van der Waals surface area contributed by atoms with Crippen LogP contribution < -0.4 is 14.8 Å². The van der Waals surface area contributed by atoms with E-state index in [9.17, 15) is 4.79 Å². The number of anilines is 1. The van der Waals surface area contributed by atoms with Crippen molar-refractivity contribution in [2.45, 2.75) is 27.7 Å². The average molecular weight is 397 g/mol. The number of ether oxygens (including phenoxy) is 2. The number of benzene rings is 2. The first kappa shape index (κ1) is 19.9. The van der Waals surface area contributed by atoms with Crippen molar-refractivity contribution in [2.75, 3.05) is 18.5 Å². The zero-order valence-electron chi connectivity index (χ0n) is 16.5. The van der Waals surface area contributed by atoms with Crippen LogP contribution in [0, 0.1) is 13.8 Å². The topological polar surface area (TPSA) is 60.5 Å². The molecule has 0 aliphatic carbocycles. The zero-order valence-corrected chi connectivity index (χ0v) is 17.4. The van der Waals surface area contributed by atoms with Crippen molar-refractivity contribution < 1.29 is 14.3 Å². The number of hydrogen-bond donors (Lipinski definition) is 1. The average Bonchev–Trinajstić information content (AvgIpc) is 3.05. The first-order valence-corrected chi connectivity index (χ1v) is 10.1. The fourth-order valence-electron chi connectivity index (χ4n) is 2.91. The largest absolute Gasteiger partial charge is 0.490 e. The number of aryl methyl sites for hydroxylation is 2. The van der Waals surface area contributed by atoms with Crippen molar-refractivity contribution in [1.82, 2.24) is 4.98 Å². The Bertz CT molecular complexity index is 1020. The van der Waals surface area contributed by atoms with E-state index in [1.807, 2.05) is 39.0 Å². The van der Waals surface area contributed by atoms with Gasteiger partial charge in [0.15, 0.2) is 16.6 Å². The molecule has 0 spiro atoms. The molecule has 0 atom stereocenters. The van der Waals surface area contributed by atoms with Crippen LogP contribution in [0.5, 0.6) is 11.5 Å². The third kappa shape index (κ3) is 4.70. The van der Waals surface area contributed by atoms with Crippen LogP contribution in [-0.4, -0.2) is 24.1 Å². The molecule has 2 aromatic carbocycles. The summed E-state index contributed by atoms with van der Waals surface area (Å²) in [6, 6.07) is 9.78. The maximum absolute atomic E-state index is 12.3. The highest BCUT2D eigenvalue weighted by Crippen LogP contribution is 2.30. The fraction of sp³-hybridized carbons (Fsp3) is 0.273. The zero-order chi connectivity index (χ0) is 20.1. The van der Waals surface area contributed by atoms with E-state index in [0.717, 1.165) is 21.3 Å². The molecular weight excluding hydrogens is 372 g/mol. The summed E-state index contributed by atoms with van der Waals surface area (Å²) in [6.45, 7) is 9.05.